The van der Waals surface area contributed by atoms with E-state index in [-0.39, 0.29) is 0 Å². The first-order valence-corrected chi connectivity index (χ1v) is 6.44. The molecule has 2 aromatic rings. The minimum Gasteiger partial charge on any atom is -0.377 e. The Labute approximate surface area is 113 Å². The minimum absolute atomic E-state index is 0.514. The molecule has 94 valence electrons. The fraction of sp³-hybridized carbons (Fsp3) is 0.267. The van der Waals surface area contributed by atoms with Crippen molar-refractivity contribution in [3.05, 3.63) is 64.9 Å². The van der Waals surface area contributed by atoms with E-state index >= 15 is 0 Å². The fourth-order valence-electron chi connectivity index (χ4n) is 1.75. The summed E-state index contributed by atoms with van der Waals surface area (Å²) in [6, 6.07) is 14.2. The summed E-state index contributed by atoms with van der Waals surface area (Å²) in [5.74, 6) is 0. The zero-order valence-corrected chi connectivity index (χ0v) is 10.9. The highest BCUT2D eigenvalue weighted by atomic mass is 35.5. The van der Waals surface area contributed by atoms with Crippen molar-refractivity contribution < 1.29 is 4.74 Å². The first-order chi connectivity index (χ1) is 8.84. The highest BCUT2D eigenvalue weighted by Crippen LogP contribution is 2.08. The Morgan fingerprint density at radius 3 is 2.67 bits per heavy atom. The number of ether oxygens (including phenoxy) is 1. The summed E-state index contributed by atoms with van der Waals surface area (Å²) in [6.07, 6.45) is 3.78. The monoisotopic (exact) mass is 261 g/mol. The zero-order chi connectivity index (χ0) is 12.6. The van der Waals surface area contributed by atoms with Gasteiger partial charge in [0.25, 0.3) is 0 Å². The van der Waals surface area contributed by atoms with Gasteiger partial charge in [0.15, 0.2) is 0 Å². The van der Waals surface area contributed by atoms with Gasteiger partial charge in [-0.15, -0.1) is 0 Å². The Kier molecular flexibility index (Phi) is 5.18. The lowest BCUT2D eigenvalue weighted by atomic mass is 10.1. The van der Waals surface area contributed by atoms with Crippen molar-refractivity contribution in [1.29, 1.82) is 0 Å². The van der Waals surface area contributed by atoms with Crippen LogP contribution in [0.1, 0.15) is 17.5 Å². The molecule has 0 fully saturated rings. The molecule has 0 aliphatic rings. The van der Waals surface area contributed by atoms with Gasteiger partial charge in [0.05, 0.1) is 6.61 Å². The summed E-state index contributed by atoms with van der Waals surface area (Å²) in [7, 11) is 0. The van der Waals surface area contributed by atoms with Crippen molar-refractivity contribution >= 4 is 11.6 Å². The van der Waals surface area contributed by atoms with Crippen LogP contribution >= 0.6 is 11.6 Å². The zero-order valence-electron chi connectivity index (χ0n) is 10.2. The van der Waals surface area contributed by atoms with Crippen LogP contribution in [0.25, 0.3) is 0 Å². The van der Waals surface area contributed by atoms with Gasteiger partial charge in [0, 0.05) is 12.8 Å². The Morgan fingerprint density at radius 1 is 1.06 bits per heavy atom. The quantitative estimate of drug-likeness (QED) is 0.581. The van der Waals surface area contributed by atoms with Crippen LogP contribution in [0.15, 0.2) is 48.7 Å². The number of hydrogen-bond donors (Lipinski definition) is 0. The molecule has 18 heavy (non-hydrogen) atoms. The van der Waals surface area contributed by atoms with E-state index in [0.717, 1.165) is 25.0 Å². The van der Waals surface area contributed by atoms with Gasteiger partial charge in [-0.2, -0.15) is 0 Å². The highest BCUT2D eigenvalue weighted by molar-refractivity contribution is 6.29. The van der Waals surface area contributed by atoms with Crippen LogP contribution < -0.4 is 0 Å². The Morgan fingerprint density at radius 2 is 1.89 bits per heavy atom. The maximum absolute atomic E-state index is 5.80. The Bertz CT molecular complexity index is 473. The molecular weight excluding hydrogens is 246 g/mol. The lowest BCUT2D eigenvalue weighted by molar-refractivity contribution is 0.118. The van der Waals surface area contributed by atoms with Crippen LogP contribution in [-0.4, -0.2) is 11.6 Å². The third-order valence-corrected chi connectivity index (χ3v) is 2.86. The summed E-state index contributed by atoms with van der Waals surface area (Å²) >= 11 is 5.80. The van der Waals surface area contributed by atoms with Crippen LogP contribution in [0.3, 0.4) is 0 Å². The topological polar surface area (TPSA) is 22.1 Å². The second-order valence-electron chi connectivity index (χ2n) is 4.13. The van der Waals surface area contributed by atoms with E-state index in [4.69, 9.17) is 16.3 Å². The number of benzene rings is 1. The van der Waals surface area contributed by atoms with Gasteiger partial charge in [-0.05, 0) is 36.1 Å². The van der Waals surface area contributed by atoms with E-state index in [1.54, 1.807) is 6.20 Å². The maximum atomic E-state index is 5.80. The molecule has 2 rings (SSSR count). The minimum atomic E-state index is 0.514. The van der Waals surface area contributed by atoms with Crippen molar-refractivity contribution in [2.75, 3.05) is 6.61 Å². The van der Waals surface area contributed by atoms with Gasteiger partial charge >= 0.3 is 0 Å². The summed E-state index contributed by atoms with van der Waals surface area (Å²) in [4.78, 5) is 3.93. The van der Waals surface area contributed by atoms with Crippen LogP contribution in [0, 0.1) is 0 Å². The standard InChI is InChI=1S/C15H16ClNO/c16-15-11-14(8-9-17-15)12-18-10-4-7-13-5-2-1-3-6-13/h1-3,5-6,8-9,11H,4,7,10,12H2. The summed E-state index contributed by atoms with van der Waals surface area (Å²) in [5.41, 5.74) is 2.42. The maximum Gasteiger partial charge on any atom is 0.129 e. The van der Waals surface area contributed by atoms with Crippen molar-refractivity contribution in [2.45, 2.75) is 19.4 Å². The summed E-state index contributed by atoms with van der Waals surface area (Å²) in [6.45, 7) is 1.35. The number of aromatic nitrogens is 1. The van der Waals surface area contributed by atoms with E-state index in [0.29, 0.717) is 11.8 Å². The van der Waals surface area contributed by atoms with Gasteiger partial charge in [-0.1, -0.05) is 41.9 Å². The first-order valence-electron chi connectivity index (χ1n) is 6.07. The van der Waals surface area contributed by atoms with E-state index < -0.39 is 0 Å². The van der Waals surface area contributed by atoms with E-state index in [1.807, 2.05) is 18.2 Å². The molecule has 0 radical (unpaired) electrons. The molecule has 0 aliphatic carbocycles. The largest absolute Gasteiger partial charge is 0.377 e. The van der Waals surface area contributed by atoms with Crippen LogP contribution in [-0.2, 0) is 17.8 Å². The molecule has 2 nitrogen and oxygen atoms in total. The molecule has 0 amide bonds. The van der Waals surface area contributed by atoms with Crippen LogP contribution in [0.4, 0.5) is 0 Å². The smallest absolute Gasteiger partial charge is 0.129 e. The molecule has 0 unspecified atom stereocenters. The molecule has 0 saturated carbocycles. The molecule has 0 aliphatic heterocycles. The fourth-order valence-corrected chi connectivity index (χ4v) is 1.94. The van der Waals surface area contributed by atoms with E-state index in [2.05, 4.69) is 29.2 Å². The van der Waals surface area contributed by atoms with Gasteiger partial charge in [-0.25, -0.2) is 4.98 Å². The van der Waals surface area contributed by atoms with Gasteiger partial charge in [-0.3, -0.25) is 0 Å². The molecule has 1 aromatic heterocycles. The Balaban J connectivity index is 1.65. The molecule has 0 bridgehead atoms. The van der Waals surface area contributed by atoms with Crippen molar-refractivity contribution in [3.8, 4) is 0 Å². The van der Waals surface area contributed by atoms with Crippen molar-refractivity contribution in [3.63, 3.8) is 0 Å². The third-order valence-electron chi connectivity index (χ3n) is 2.66. The number of rotatable bonds is 6. The molecule has 0 atom stereocenters. The normalized spacial score (nSPS) is 10.5. The number of hydrogen-bond acceptors (Lipinski definition) is 2. The van der Waals surface area contributed by atoms with E-state index in [1.165, 1.54) is 5.56 Å². The predicted molar refractivity (Wildman–Crippen MR) is 73.7 cm³/mol. The lowest BCUT2D eigenvalue weighted by Gasteiger charge is -2.04. The number of halogens is 1. The average molecular weight is 262 g/mol. The number of nitrogens with zero attached hydrogens (tertiary/aromatic N) is 1. The molecule has 0 N–H and O–H groups in total. The number of aryl methyl sites for hydroxylation is 1. The average Bonchev–Trinajstić information content (AvgIpc) is 2.40. The molecule has 3 heteroatoms. The second-order valence-corrected chi connectivity index (χ2v) is 4.52. The lowest BCUT2D eigenvalue weighted by Crippen LogP contribution is -1.97. The third kappa shape index (κ3) is 4.47. The molecular formula is C15H16ClNO. The predicted octanol–water partition coefficient (Wildman–Crippen LogP) is 3.88. The second kappa shape index (κ2) is 7.14. The number of pyridine rings is 1. The molecule has 1 aromatic carbocycles. The first kappa shape index (κ1) is 13.1. The molecule has 0 spiro atoms. The van der Waals surface area contributed by atoms with Gasteiger partial charge in [0.1, 0.15) is 5.15 Å². The van der Waals surface area contributed by atoms with Crippen molar-refractivity contribution in [1.82, 2.24) is 4.98 Å². The van der Waals surface area contributed by atoms with Crippen LogP contribution in [0.5, 0.6) is 0 Å². The Hall–Kier alpha value is -1.38. The summed E-state index contributed by atoms with van der Waals surface area (Å²) < 4.78 is 5.61. The summed E-state index contributed by atoms with van der Waals surface area (Å²) in [5, 5.41) is 0.514. The van der Waals surface area contributed by atoms with Crippen LogP contribution in [0.2, 0.25) is 5.15 Å². The SMILES string of the molecule is Clc1cc(COCCCc2ccccc2)ccn1. The van der Waals surface area contributed by atoms with Gasteiger partial charge in [0.2, 0.25) is 0 Å². The van der Waals surface area contributed by atoms with Crippen molar-refractivity contribution in [2.24, 2.45) is 0 Å². The van der Waals surface area contributed by atoms with Gasteiger partial charge < -0.3 is 4.74 Å². The molecule has 1 heterocycles. The molecule has 0 saturated heterocycles. The van der Waals surface area contributed by atoms with E-state index in [9.17, 15) is 0 Å². The highest BCUT2D eigenvalue weighted by Gasteiger charge is 1.96.